The molecule has 1 aromatic rings. The number of hydrogen-bond donors (Lipinski definition) is 1. The second kappa shape index (κ2) is 10.5. The fourth-order valence-corrected chi connectivity index (χ4v) is 3.29. The van der Waals surface area contributed by atoms with E-state index in [0.29, 0.717) is 19.6 Å². The first-order valence-electron chi connectivity index (χ1n) is 8.33. The number of rotatable bonds is 11. The molecule has 142 valence electrons. The summed E-state index contributed by atoms with van der Waals surface area (Å²) in [6.07, 6.45) is 1.57. The number of carbonyl (C=O) groups is 1. The number of hydrogen-bond acceptors (Lipinski definition) is 4. The Morgan fingerprint density at radius 3 is 2.48 bits per heavy atom. The van der Waals surface area contributed by atoms with Crippen LogP contribution in [0.4, 0.5) is 4.39 Å². The molecule has 0 atom stereocenters. The molecular weight excluding hydrogens is 347 g/mol. The van der Waals surface area contributed by atoms with Crippen molar-refractivity contribution < 1.29 is 22.3 Å². The number of halogens is 1. The van der Waals surface area contributed by atoms with E-state index in [4.69, 9.17) is 4.74 Å². The summed E-state index contributed by atoms with van der Waals surface area (Å²) in [5, 5.41) is 2.78. The molecule has 0 aliphatic heterocycles. The normalized spacial score (nSPS) is 11.9. The lowest BCUT2D eigenvalue weighted by Crippen LogP contribution is -2.30. The summed E-state index contributed by atoms with van der Waals surface area (Å²) in [5.74, 6) is -0.603. The first-order valence-corrected chi connectivity index (χ1v) is 9.77. The van der Waals surface area contributed by atoms with Crippen molar-refractivity contribution in [3.05, 3.63) is 30.1 Å². The third-order valence-electron chi connectivity index (χ3n) is 3.49. The summed E-state index contributed by atoms with van der Waals surface area (Å²) in [7, 11) is -2.22. The zero-order valence-corrected chi connectivity index (χ0v) is 15.8. The molecule has 0 fully saturated rings. The van der Waals surface area contributed by atoms with Crippen LogP contribution in [0.25, 0.3) is 0 Å². The van der Waals surface area contributed by atoms with E-state index in [2.05, 4.69) is 5.32 Å². The third-order valence-corrected chi connectivity index (χ3v) is 5.36. The lowest BCUT2D eigenvalue weighted by atomic mass is 10.3. The molecule has 1 amide bonds. The van der Waals surface area contributed by atoms with Crippen LogP contribution in [0.2, 0.25) is 0 Å². The van der Waals surface area contributed by atoms with Gasteiger partial charge in [0.25, 0.3) is 0 Å². The number of benzene rings is 1. The molecule has 1 aromatic carbocycles. The minimum absolute atomic E-state index is 0.0333. The van der Waals surface area contributed by atoms with Crippen molar-refractivity contribution in [2.24, 2.45) is 0 Å². The maximum Gasteiger partial charge on any atom is 0.242 e. The van der Waals surface area contributed by atoms with Crippen LogP contribution in [0.3, 0.4) is 0 Å². The molecule has 0 heterocycles. The van der Waals surface area contributed by atoms with Gasteiger partial charge in [-0.1, -0.05) is 0 Å². The van der Waals surface area contributed by atoms with E-state index in [9.17, 15) is 17.6 Å². The highest BCUT2D eigenvalue weighted by atomic mass is 32.2. The molecule has 0 aromatic heterocycles. The van der Waals surface area contributed by atoms with Gasteiger partial charge >= 0.3 is 0 Å². The number of sulfonamides is 1. The van der Waals surface area contributed by atoms with Crippen LogP contribution in [-0.4, -0.2) is 51.5 Å². The molecular formula is C17H27FN2O4S. The Balaban J connectivity index is 2.30. The van der Waals surface area contributed by atoms with Crippen molar-refractivity contribution in [3.8, 4) is 0 Å². The summed E-state index contributed by atoms with van der Waals surface area (Å²) in [6, 6.07) is 4.68. The number of amides is 1. The quantitative estimate of drug-likeness (QED) is 0.602. The van der Waals surface area contributed by atoms with Crippen LogP contribution >= 0.6 is 0 Å². The van der Waals surface area contributed by atoms with E-state index in [1.807, 2.05) is 13.8 Å². The largest absolute Gasteiger partial charge is 0.379 e. The van der Waals surface area contributed by atoms with Crippen LogP contribution in [-0.2, 0) is 19.6 Å². The van der Waals surface area contributed by atoms with E-state index in [-0.39, 0.29) is 29.9 Å². The van der Waals surface area contributed by atoms with Gasteiger partial charge in [-0.3, -0.25) is 4.79 Å². The molecule has 0 spiro atoms. The van der Waals surface area contributed by atoms with Gasteiger partial charge in [-0.2, -0.15) is 0 Å². The van der Waals surface area contributed by atoms with Crippen molar-refractivity contribution in [1.82, 2.24) is 9.62 Å². The molecule has 25 heavy (non-hydrogen) atoms. The summed E-state index contributed by atoms with van der Waals surface area (Å²) < 4.78 is 44.1. The summed E-state index contributed by atoms with van der Waals surface area (Å²) >= 11 is 0. The zero-order chi connectivity index (χ0) is 18.9. The van der Waals surface area contributed by atoms with Crippen molar-refractivity contribution in [2.45, 2.75) is 44.1 Å². The van der Waals surface area contributed by atoms with Gasteiger partial charge in [-0.05, 0) is 51.0 Å². The molecule has 0 saturated heterocycles. The summed E-state index contributed by atoms with van der Waals surface area (Å²) in [4.78, 5) is 11.8. The van der Waals surface area contributed by atoms with Gasteiger partial charge in [0.05, 0.1) is 11.0 Å². The van der Waals surface area contributed by atoms with Crippen molar-refractivity contribution in [2.75, 3.05) is 26.7 Å². The molecule has 1 N–H and O–H groups in total. The predicted molar refractivity (Wildman–Crippen MR) is 94.2 cm³/mol. The Morgan fingerprint density at radius 2 is 1.88 bits per heavy atom. The third kappa shape index (κ3) is 7.94. The number of nitrogens with one attached hydrogen (secondary N) is 1. The van der Waals surface area contributed by atoms with Crippen LogP contribution in [0, 0.1) is 5.82 Å². The maximum atomic E-state index is 12.9. The fourth-order valence-electron chi connectivity index (χ4n) is 2.08. The van der Waals surface area contributed by atoms with Gasteiger partial charge < -0.3 is 10.1 Å². The summed E-state index contributed by atoms with van der Waals surface area (Å²) in [5.41, 5.74) is 0. The lowest BCUT2D eigenvalue weighted by molar-refractivity contribution is -0.121. The molecule has 0 unspecified atom stereocenters. The minimum Gasteiger partial charge on any atom is -0.379 e. The maximum absolute atomic E-state index is 12.9. The molecule has 0 aliphatic carbocycles. The molecule has 0 saturated carbocycles. The van der Waals surface area contributed by atoms with E-state index in [0.717, 1.165) is 18.6 Å². The highest BCUT2D eigenvalue weighted by Crippen LogP contribution is 2.15. The molecule has 1 rings (SSSR count). The number of nitrogens with zero attached hydrogens (tertiary/aromatic N) is 1. The van der Waals surface area contributed by atoms with Gasteiger partial charge in [-0.15, -0.1) is 0 Å². The molecule has 6 nitrogen and oxygen atoms in total. The van der Waals surface area contributed by atoms with Gasteiger partial charge in [0.1, 0.15) is 5.82 Å². The molecule has 8 heteroatoms. The van der Waals surface area contributed by atoms with Crippen LogP contribution in [0.15, 0.2) is 29.2 Å². The van der Waals surface area contributed by atoms with Crippen LogP contribution in [0.1, 0.15) is 33.1 Å². The fraction of sp³-hybridized carbons (Fsp3) is 0.588. The highest BCUT2D eigenvalue weighted by Gasteiger charge is 2.20. The van der Waals surface area contributed by atoms with E-state index in [1.165, 1.54) is 23.5 Å². The smallest absolute Gasteiger partial charge is 0.242 e. The van der Waals surface area contributed by atoms with Gasteiger partial charge in [0.15, 0.2) is 0 Å². The standard InChI is InChI=1S/C17H27FN2O4S/c1-14(2)24-13-5-11-19-17(21)6-4-12-20(3)25(22,23)16-9-7-15(18)8-10-16/h7-10,14H,4-6,11-13H2,1-3H3,(H,19,21). The van der Waals surface area contributed by atoms with Crippen LogP contribution in [0.5, 0.6) is 0 Å². The Kier molecular flexibility index (Phi) is 9.02. The lowest BCUT2D eigenvalue weighted by Gasteiger charge is -2.17. The Labute approximate surface area is 149 Å². The Bertz CT molecular complexity index is 633. The SMILES string of the molecule is CC(C)OCCCNC(=O)CCCN(C)S(=O)(=O)c1ccc(F)cc1. The zero-order valence-electron chi connectivity index (χ0n) is 15.0. The Hall–Kier alpha value is -1.51. The number of carbonyl (C=O) groups excluding carboxylic acids is 1. The molecule has 0 radical (unpaired) electrons. The van der Waals surface area contributed by atoms with Gasteiger partial charge in [0, 0.05) is 33.2 Å². The van der Waals surface area contributed by atoms with Crippen molar-refractivity contribution in [1.29, 1.82) is 0 Å². The highest BCUT2D eigenvalue weighted by molar-refractivity contribution is 7.89. The monoisotopic (exact) mass is 374 g/mol. The first kappa shape index (κ1) is 21.5. The van der Waals surface area contributed by atoms with Gasteiger partial charge in [-0.25, -0.2) is 17.1 Å². The van der Waals surface area contributed by atoms with E-state index < -0.39 is 15.8 Å². The molecule has 0 bridgehead atoms. The second-order valence-electron chi connectivity index (χ2n) is 6.01. The van der Waals surface area contributed by atoms with Crippen molar-refractivity contribution >= 4 is 15.9 Å². The molecule has 0 aliphatic rings. The average Bonchev–Trinajstić information content (AvgIpc) is 2.54. The second-order valence-corrected chi connectivity index (χ2v) is 8.05. The predicted octanol–water partition coefficient (Wildman–Crippen LogP) is 2.16. The average molecular weight is 374 g/mol. The van der Waals surface area contributed by atoms with E-state index >= 15 is 0 Å². The van der Waals surface area contributed by atoms with Crippen LogP contribution < -0.4 is 5.32 Å². The first-order chi connectivity index (χ1) is 11.7. The number of ether oxygens (including phenoxy) is 1. The van der Waals surface area contributed by atoms with Crippen molar-refractivity contribution in [3.63, 3.8) is 0 Å². The van der Waals surface area contributed by atoms with Gasteiger partial charge in [0.2, 0.25) is 15.9 Å². The van der Waals surface area contributed by atoms with E-state index in [1.54, 1.807) is 0 Å². The Morgan fingerprint density at radius 1 is 1.24 bits per heavy atom. The summed E-state index contributed by atoms with van der Waals surface area (Å²) in [6.45, 7) is 5.25. The topological polar surface area (TPSA) is 75.7 Å². The minimum atomic E-state index is -3.67.